The summed E-state index contributed by atoms with van der Waals surface area (Å²) in [7, 11) is 0. The van der Waals surface area contributed by atoms with Crippen LogP contribution in [0, 0.1) is 17.8 Å². The van der Waals surface area contributed by atoms with Crippen molar-refractivity contribution in [2.75, 3.05) is 37.8 Å². The van der Waals surface area contributed by atoms with E-state index in [0.29, 0.717) is 44.1 Å². The second-order valence-electron chi connectivity index (χ2n) is 12.3. The summed E-state index contributed by atoms with van der Waals surface area (Å²) < 4.78 is 18.6. The number of hydrogen-bond donors (Lipinski definition) is 1. The van der Waals surface area contributed by atoms with Crippen LogP contribution in [0.15, 0.2) is 65.7 Å². The molecule has 0 saturated carbocycles. The first-order valence-corrected chi connectivity index (χ1v) is 14.8. The molecular formula is C32H36N4O6. The number of cyclic esters (lactones) is 1. The molecular weight excluding hydrogens is 536 g/mol. The molecule has 0 spiro atoms. The average Bonchev–Trinajstić information content (AvgIpc) is 3.62. The number of ether oxygens (including phenoxy) is 3. The van der Waals surface area contributed by atoms with E-state index in [0.717, 1.165) is 5.56 Å². The van der Waals surface area contributed by atoms with E-state index in [-0.39, 0.29) is 24.5 Å². The third-order valence-electron chi connectivity index (χ3n) is 9.51. The summed E-state index contributed by atoms with van der Waals surface area (Å²) in [6.45, 7) is 7.84. The molecule has 0 aliphatic carbocycles. The average molecular weight is 573 g/mol. The van der Waals surface area contributed by atoms with E-state index < -0.39 is 40.7 Å². The number of nitrogens with zero attached hydrogens (tertiary/aromatic N) is 3. The molecule has 2 aromatic rings. The van der Waals surface area contributed by atoms with E-state index in [1.54, 1.807) is 31.2 Å². The predicted molar refractivity (Wildman–Crippen MR) is 154 cm³/mol. The molecule has 2 aromatic carbocycles. The van der Waals surface area contributed by atoms with Crippen LogP contribution in [0.5, 0.6) is 0 Å². The number of rotatable bonds is 6. The van der Waals surface area contributed by atoms with E-state index in [1.807, 2.05) is 50.2 Å². The molecule has 5 heterocycles. The minimum Gasteiger partial charge on any atom is -0.463 e. The summed E-state index contributed by atoms with van der Waals surface area (Å²) in [6.07, 6.45) is 0.603. The Hall–Kier alpha value is -3.44. The van der Waals surface area contributed by atoms with Crippen LogP contribution in [0.3, 0.4) is 0 Å². The number of amides is 2. The maximum absolute atomic E-state index is 14.5. The van der Waals surface area contributed by atoms with Gasteiger partial charge in [0.15, 0.2) is 11.3 Å². The largest absolute Gasteiger partial charge is 0.463 e. The van der Waals surface area contributed by atoms with Crippen molar-refractivity contribution in [3.05, 3.63) is 66.2 Å². The zero-order valence-corrected chi connectivity index (χ0v) is 24.1. The molecule has 4 fully saturated rings. The smallest absolute Gasteiger partial charge is 0.331 e. The number of fused-ring (bicyclic) bond motifs is 5. The van der Waals surface area contributed by atoms with Gasteiger partial charge >= 0.3 is 5.97 Å². The molecule has 2 bridgehead atoms. The lowest BCUT2D eigenvalue weighted by molar-refractivity contribution is -0.203. The second-order valence-corrected chi connectivity index (χ2v) is 12.3. The molecule has 10 heteroatoms. The van der Waals surface area contributed by atoms with Gasteiger partial charge in [0.1, 0.15) is 18.4 Å². The molecule has 1 N–H and O–H groups in total. The molecule has 220 valence electrons. The Morgan fingerprint density at radius 3 is 2.26 bits per heavy atom. The number of aliphatic imine (C=N–C) groups is 1. The highest BCUT2D eigenvalue weighted by Crippen LogP contribution is 2.63. The fourth-order valence-corrected chi connectivity index (χ4v) is 7.69. The first-order chi connectivity index (χ1) is 20.2. The van der Waals surface area contributed by atoms with Crippen LogP contribution >= 0.6 is 0 Å². The van der Waals surface area contributed by atoms with Crippen molar-refractivity contribution in [1.29, 1.82) is 0 Å². The number of hydrogen-bond acceptors (Lipinski definition) is 9. The van der Waals surface area contributed by atoms with Crippen molar-refractivity contribution < 1.29 is 28.6 Å². The summed E-state index contributed by atoms with van der Waals surface area (Å²) in [5.41, 5.74) is -2.29. The SMILES string of the molecule is CC(C)C1=N[C@@]2([C@]3(C)N[C@@H](Cc4ccccc4)COC3=O)O[C@]1(N1CCOCC1)C1C(=O)N(c3ccccc3)C(=O)C12. The van der Waals surface area contributed by atoms with Crippen molar-refractivity contribution in [2.24, 2.45) is 22.7 Å². The Morgan fingerprint density at radius 1 is 0.952 bits per heavy atom. The minimum absolute atomic E-state index is 0.118. The Balaban J connectivity index is 1.38. The van der Waals surface area contributed by atoms with E-state index in [4.69, 9.17) is 19.2 Å². The minimum atomic E-state index is -1.70. The van der Waals surface area contributed by atoms with Crippen molar-refractivity contribution >= 4 is 29.2 Å². The van der Waals surface area contributed by atoms with Gasteiger partial charge in [0, 0.05) is 19.1 Å². The molecule has 5 aliphatic heterocycles. The first-order valence-electron chi connectivity index (χ1n) is 14.8. The maximum atomic E-state index is 14.5. The number of benzene rings is 2. The normalized spacial score (nSPS) is 36.4. The molecule has 0 radical (unpaired) electrons. The lowest BCUT2D eigenvalue weighted by Gasteiger charge is -2.47. The predicted octanol–water partition coefficient (Wildman–Crippen LogP) is 2.17. The van der Waals surface area contributed by atoms with Gasteiger partial charge in [-0.1, -0.05) is 62.4 Å². The fourth-order valence-electron chi connectivity index (χ4n) is 7.69. The number of carbonyl (C=O) groups is 3. The monoisotopic (exact) mass is 572 g/mol. The van der Waals surface area contributed by atoms with Gasteiger partial charge in [-0.25, -0.2) is 9.69 Å². The zero-order valence-electron chi connectivity index (χ0n) is 24.1. The number of anilines is 1. The molecule has 0 aromatic heterocycles. The summed E-state index contributed by atoms with van der Waals surface area (Å²) in [6, 6.07) is 18.7. The lowest BCUT2D eigenvalue weighted by atomic mass is 9.69. The number of morpholine rings is 2. The molecule has 2 unspecified atom stereocenters. The van der Waals surface area contributed by atoms with Gasteiger partial charge in [-0.15, -0.1) is 0 Å². The summed E-state index contributed by atoms with van der Waals surface area (Å²) in [5.74, 6) is -3.34. The van der Waals surface area contributed by atoms with E-state index in [1.165, 1.54) is 4.90 Å². The molecule has 10 nitrogen and oxygen atoms in total. The zero-order chi connectivity index (χ0) is 29.3. The van der Waals surface area contributed by atoms with Gasteiger partial charge in [0.25, 0.3) is 0 Å². The topological polar surface area (TPSA) is 110 Å². The van der Waals surface area contributed by atoms with Crippen molar-refractivity contribution in [3.63, 3.8) is 0 Å². The molecule has 4 saturated heterocycles. The molecule has 7 rings (SSSR count). The van der Waals surface area contributed by atoms with Gasteiger partial charge in [0.05, 0.1) is 24.6 Å². The summed E-state index contributed by atoms with van der Waals surface area (Å²) in [4.78, 5) is 51.5. The quantitative estimate of drug-likeness (QED) is 0.415. The number of esters is 1. The lowest BCUT2D eigenvalue weighted by Crippen LogP contribution is -2.73. The van der Waals surface area contributed by atoms with Crippen LogP contribution < -0.4 is 10.2 Å². The Bertz CT molecular complexity index is 1440. The van der Waals surface area contributed by atoms with Crippen LogP contribution in [0.1, 0.15) is 26.3 Å². The number of carbonyl (C=O) groups excluding carboxylic acids is 3. The van der Waals surface area contributed by atoms with Crippen molar-refractivity contribution in [1.82, 2.24) is 10.2 Å². The highest BCUT2D eigenvalue weighted by Gasteiger charge is 2.84. The van der Waals surface area contributed by atoms with Crippen LogP contribution in [0.2, 0.25) is 0 Å². The van der Waals surface area contributed by atoms with Crippen molar-refractivity contribution in [2.45, 2.75) is 50.2 Å². The maximum Gasteiger partial charge on any atom is 0.331 e. The van der Waals surface area contributed by atoms with Gasteiger partial charge in [-0.3, -0.25) is 24.8 Å². The van der Waals surface area contributed by atoms with E-state index in [9.17, 15) is 14.4 Å². The van der Waals surface area contributed by atoms with Gasteiger partial charge in [-0.2, -0.15) is 0 Å². The highest BCUT2D eigenvalue weighted by atomic mass is 16.6. The van der Waals surface area contributed by atoms with Crippen LogP contribution in [0.4, 0.5) is 5.69 Å². The number of nitrogens with one attached hydrogen (secondary N) is 1. The third-order valence-corrected chi connectivity index (χ3v) is 9.51. The molecule has 42 heavy (non-hydrogen) atoms. The molecule has 5 aliphatic rings. The Labute approximate surface area is 245 Å². The van der Waals surface area contributed by atoms with Gasteiger partial charge in [-0.05, 0) is 37.0 Å². The highest BCUT2D eigenvalue weighted by molar-refractivity contribution is 6.25. The van der Waals surface area contributed by atoms with Crippen LogP contribution in [-0.2, 0) is 35.0 Å². The summed E-state index contributed by atoms with van der Waals surface area (Å²) >= 11 is 0. The number of imide groups is 1. The van der Waals surface area contributed by atoms with Crippen molar-refractivity contribution in [3.8, 4) is 0 Å². The molecule has 2 amide bonds. The first kappa shape index (κ1) is 27.4. The fraction of sp³-hybridized carbons (Fsp3) is 0.500. The summed E-state index contributed by atoms with van der Waals surface area (Å²) in [5, 5.41) is 3.54. The second kappa shape index (κ2) is 9.80. The van der Waals surface area contributed by atoms with Gasteiger partial charge in [0.2, 0.25) is 17.5 Å². The standard InChI is InChI=1S/C32H36N4O6/c1-20(2)26-31(35-14-16-40-17-15-35)24-25(28(38)36(27(24)37)23-12-8-5-9-13-23)32(34-26,42-31)30(3)29(39)41-19-22(33-30)18-21-10-6-4-7-11-21/h4-13,20,22,24-25,33H,14-19H2,1-3H3/t22-,24?,25?,30+,31+,32+/m0/s1. The van der Waals surface area contributed by atoms with E-state index >= 15 is 0 Å². The van der Waals surface area contributed by atoms with E-state index in [2.05, 4.69) is 10.2 Å². The van der Waals surface area contributed by atoms with Gasteiger partial charge < -0.3 is 14.2 Å². The Morgan fingerprint density at radius 2 is 1.60 bits per heavy atom. The number of para-hydroxylation sites is 1. The third kappa shape index (κ3) is 3.65. The van der Waals surface area contributed by atoms with Crippen LogP contribution in [0.25, 0.3) is 0 Å². The Kier molecular flexibility index (Phi) is 6.40. The van der Waals surface area contributed by atoms with Crippen LogP contribution in [-0.4, -0.2) is 84.3 Å². The molecule has 6 atom stereocenters.